The van der Waals surface area contributed by atoms with Crippen molar-refractivity contribution in [2.75, 3.05) is 19.6 Å². The van der Waals surface area contributed by atoms with Gasteiger partial charge in [-0.15, -0.1) is 0 Å². The Bertz CT molecular complexity index is 207. The number of hydrogen-bond acceptors (Lipinski definition) is 2. The molecular formula is C15H32N2. The maximum atomic E-state index is 3.65. The maximum absolute atomic E-state index is 3.65. The maximum Gasteiger partial charge on any atom is 0.00966 e. The van der Waals surface area contributed by atoms with Gasteiger partial charge < -0.3 is 10.2 Å². The molecule has 0 bridgehead atoms. The summed E-state index contributed by atoms with van der Waals surface area (Å²) in [7, 11) is 0. The number of hydrogen-bond donors (Lipinski definition) is 1. The van der Waals surface area contributed by atoms with Crippen molar-refractivity contribution in [3.63, 3.8) is 0 Å². The van der Waals surface area contributed by atoms with E-state index in [1.165, 1.54) is 45.3 Å². The number of likely N-dealkylation sites (tertiary alicyclic amines) is 1. The fraction of sp³-hybridized carbons (Fsp3) is 1.00. The molecule has 2 unspecified atom stereocenters. The summed E-state index contributed by atoms with van der Waals surface area (Å²) in [5.41, 5.74) is 0.265. The van der Waals surface area contributed by atoms with Crippen LogP contribution in [-0.2, 0) is 0 Å². The quantitative estimate of drug-likeness (QED) is 0.766. The lowest BCUT2D eigenvalue weighted by atomic mass is 10.0. The van der Waals surface area contributed by atoms with E-state index in [1.54, 1.807) is 0 Å². The molecule has 102 valence electrons. The molecule has 1 aliphatic heterocycles. The molecule has 2 nitrogen and oxygen atoms in total. The lowest BCUT2D eigenvalue weighted by Crippen LogP contribution is -2.40. The molecule has 0 aromatic carbocycles. The van der Waals surface area contributed by atoms with Crippen molar-refractivity contribution in [3.05, 3.63) is 0 Å². The van der Waals surface area contributed by atoms with E-state index in [2.05, 4.69) is 44.8 Å². The standard InChI is InChI=1S/C15H32N2/c1-6-8-14(7-2)17-10-9-13(12-17)11-16-15(3,4)5/h13-14,16H,6-12H2,1-5H3. The third-order valence-electron chi connectivity index (χ3n) is 3.85. The Morgan fingerprint density at radius 2 is 2.00 bits per heavy atom. The Hall–Kier alpha value is -0.0800. The van der Waals surface area contributed by atoms with Crippen molar-refractivity contribution >= 4 is 0 Å². The van der Waals surface area contributed by atoms with E-state index < -0.39 is 0 Å². The van der Waals surface area contributed by atoms with Crippen molar-refractivity contribution in [1.29, 1.82) is 0 Å². The van der Waals surface area contributed by atoms with Gasteiger partial charge in [0.15, 0.2) is 0 Å². The van der Waals surface area contributed by atoms with Crippen molar-refractivity contribution in [2.45, 2.75) is 71.9 Å². The summed E-state index contributed by atoms with van der Waals surface area (Å²) in [4.78, 5) is 2.72. The van der Waals surface area contributed by atoms with Gasteiger partial charge in [0.05, 0.1) is 0 Å². The zero-order chi connectivity index (χ0) is 12.9. The molecule has 1 aliphatic rings. The van der Waals surface area contributed by atoms with Crippen LogP contribution in [0, 0.1) is 5.92 Å². The van der Waals surface area contributed by atoms with Crippen molar-refractivity contribution < 1.29 is 0 Å². The third kappa shape index (κ3) is 5.39. The molecule has 1 N–H and O–H groups in total. The molecule has 17 heavy (non-hydrogen) atoms. The van der Waals surface area contributed by atoms with E-state index in [4.69, 9.17) is 0 Å². The van der Waals surface area contributed by atoms with Crippen LogP contribution in [0.25, 0.3) is 0 Å². The molecule has 0 amide bonds. The van der Waals surface area contributed by atoms with Crippen molar-refractivity contribution in [1.82, 2.24) is 10.2 Å². The minimum absolute atomic E-state index is 0.265. The van der Waals surface area contributed by atoms with Gasteiger partial charge in [0.1, 0.15) is 0 Å². The number of nitrogens with zero attached hydrogens (tertiary/aromatic N) is 1. The van der Waals surface area contributed by atoms with Crippen LogP contribution in [0.15, 0.2) is 0 Å². The van der Waals surface area contributed by atoms with Crippen LogP contribution in [0.4, 0.5) is 0 Å². The summed E-state index contributed by atoms with van der Waals surface area (Å²) < 4.78 is 0. The highest BCUT2D eigenvalue weighted by atomic mass is 15.2. The van der Waals surface area contributed by atoms with Gasteiger partial charge in [0, 0.05) is 18.1 Å². The van der Waals surface area contributed by atoms with Crippen LogP contribution in [0.2, 0.25) is 0 Å². The van der Waals surface area contributed by atoms with Crippen LogP contribution in [0.5, 0.6) is 0 Å². The topological polar surface area (TPSA) is 15.3 Å². The summed E-state index contributed by atoms with van der Waals surface area (Å²) >= 11 is 0. The van der Waals surface area contributed by atoms with E-state index >= 15 is 0 Å². The van der Waals surface area contributed by atoms with Gasteiger partial charge in [-0.2, -0.15) is 0 Å². The lowest BCUT2D eigenvalue weighted by Gasteiger charge is -2.27. The van der Waals surface area contributed by atoms with Crippen LogP contribution < -0.4 is 5.32 Å². The van der Waals surface area contributed by atoms with Gasteiger partial charge in [-0.1, -0.05) is 20.3 Å². The second kappa shape index (κ2) is 6.75. The lowest BCUT2D eigenvalue weighted by molar-refractivity contribution is 0.213. The normalized spacial score (nSPS) is 24.2. The fourth-order valence-corrected chi connectivity index (χ4v) is 2.79. The molecule has 2 heteroatoms. The average molecular weight is 240 g/mol. The Kier molecular flexibility index (Phi) is 5.94. The zero-order valence-electron chi connectivity index (χ0n) is 12.6. The van der Waals surface area contributed by atoms with Crippen LogP contribution in [0.1, 0.15) is 60.3 Å². The van der Waals surface area contributed by atoms with E-state index in [1.807, 2.05) is 0 Å². The molecule has 0 saturated carbocycles. The summed E-state index contributed by atoms with van der Waals surface area (Å²) in [5, 5.41) is 3.65. The Balaban J connectivity index is 2.31. The molecule has 2 atom stereocenters. The first-order valence-corrected chi connectivity index (χ1v) is 7.45. The molecule has 0 spiro atoms. The SMILES string of the molecule is CCCC(CC)N1CCC(CNC(C)(C)C)C1. The third-order valence-corrected chi connectivity index (χ3v) is 3.85. The molecule has 0 aliphatic carbocycles. The van der Waals surface area contributed by atoms with Crippen LogP contribution in [0.3, 0.4) is 0 Å². The Morgan fingerprint density at radius 3 is 2.53 bits per heavy atom. The van der Waals surface area contributed by atoms with E-state index in [0.29, 0.717) is 0 Å². The molecule has 0 aromatic rings. The first-order chi connectivity index (χ1) is 7.96. The number of nitrogens with one attached hydrogen (secondary N) is 1. The monoisotopic (exact) mass is 240 g/mol. The van der Waals surface area contributed by atoms with Crippen molar-refractivity contribution in [2.24, 2.45) is 5.92 Å². The summed E-state index contributed by atoms with van der Waals surface area (Å²) in [6.45, 7) is 15.2. The molecule has 1 rings (SSSR count). The van der Waals surface area contributed by atoms with E-state index in [9.17, 15) is 0 Å². The van der Waals surface area contributed by atoms with Crippen LogP contribution >= 0.6 is 0 Å². The van der Waals surface area contributed by atoms with Gasteiger partial charge in [-0.05, 0) is 59.0 Å². The summed E-state index contributed by atoms with van der Waals surface area (Å²) in [5.74, 6) is 0.861. The predicted molar refractivity (Wildman–Crippen MR) is 76.4 cm³/mol. The fourth-order valence-electron chi connectivity index (χ4n) is 2.79. The zero-order valence-corrected chi connectivity index (χ0v) is 12.6. The second-order valence-electron chi connectivity index (χ2n) is 6.63. The summed E-state index contributed by atoms with van der Waals surface area (Å²) in [6.07, 6.45) is 5.38. The van der Waals surface area contributed by atoms with E-state index in [0.717, 1.165) is 12.0 Å². The molecule has 0 aromatic heterocycles. The summed E-state index contributed by atoms with van der Waals surface area (Å²) in [6, 6.07) is 0.833. The van der Waals surface area contributed by atoms with Crippen molar-refractivity contribution in [3.8, 4) is 0 Å². The van der Waals surface area contributed by atoms with Gasteiger partial charge in [0.25, 0.3) is 0 Å². The average Bonchev–Trinajstić information content (AvgIpc) is 2.70. The Labute approximate surface area is 108 Å². The van der Waals surface area contributed by atoms with Gasteiger partial charge in [-0.25, -0.2) is 0 Å². The second-order valence-corrected chi connectivity index (χ2v) is 6.63. The largest absolute Gasteiger partial charge is 0.312 e. The molecule has 1 heterocycles. The first-order valence-electron chi connectivity index (χ1n) is 7.45. The first kappa shape index (κ1) is 15.0. The Morgan fingerprint density at radius 1 is 1.29 bits per heavy atom. The highest BCUT2D eigenvalue weighted by Crippen LogP contribution is 2.22. The molecular weight excluding hydrogens is 208 g/mol. The molecule has 1 fully saturated rings. The van der Waals surface area contributed by atoms with Crippen LogP contribution in [-0.4, -0.2) is 36.1 Å². The van der Waals surface area contributed by atoms with Gasteiger partial charge in [0.2, 0.25) is 0 Å². The van der Waals surface area contributed by atoms with E-state index in [-0.39, 0.29) is 5.54 Å². The predicted octanol–water partition coefficient (Wildman–Crippen LogP) is 3.28. The van der Waals surface area contributed by atoms with Gasteiger partial charge >= 0.3 is 0 Å². The minimum atomic E-state index is 0.265. The minimum Gasteiger partial charge on any atom is -0.312 e. The highest BCUT2D eigenvalue weighted by molar-refractivity contribution is 4.83. The van der Waals surface area contributed by atoms with Gasteiger partial charge in [-0.3, -0.25) is 0 Å². The highest BCUT2D eigenvalue weighted by Gasteiger charge is 2.27. The molecule has 0 radical (unpaired) electrons. The molecule has 1 saturated heterocycles. The smallest absolute Gasteiger partial charge is 0.00966 e. The number of rotatable bonds is 6.